The van der Waals surface area contributed by atoms with E-state index < -0.39 is 6.10 Å². The molecule has 2 unspecified atom stereocenters. The highest BCUT2D eigenvalue weighted by Crippen LogP contribution is 2.22. The molecule has 1 N–H and O–H groups in total. The monoisotopic (exact) mass is 297 g/mol. The molecular formula is C11H12BrN3O2. The molecular weight excluding hydrogens is 286 g/mol. The molecule has 0 spiro atoms. The van der Waals surface area contributed by atoms with Crippen molar-refractivity contribution >= 4 is 15.9 Å². The third kappa shape index (κ3) is 2.70. The second kappa shape index (κ2) is 4.93. The van der Waals surface area contributed by atoms with Crippen molar-refractivity contribution in [3.8, 4) is 11.4 Å². The molecule has 2 heterocycles. The highest BCUT2D eigenvalue weighted by Gasteiger charge is 2.19. The summed E-state index contributed by atoms with van der Waals surface area (Å²) in [6.07, 6.45) is 2.82. The van der Waals surface area contributed by atoms with E-state index in [0.29, 0.717) is 11.7 Å². The fraction of sp³-hybridized carbons (Fsp3) is 0.364. The van der Waals surface area contributed by atoms with Crippen LogP contribution in [0, 0.1) is 0 Å². The molecule has 5 nitrogen and oxygen atoms in total. The molecule has 0 radical (unpaired) electrons. The van der Waals surface area contributed by atoms with Crippen molar-refractivity contribution < 1.29 is 9.63 Å². The second-order valence-corrected chi connectivity index (χ2v) is 4.79. The molecule has 0 aliphatic rings. The minimum absolute atomic E-state index is 0.184. The fourth-order valence-corrected chi connectivity index (χ4v) is 1.64. The number of hydrogen-bond acceptors (Lipinski definition) is 5. The molecule has 0 aliphatic heterocycles. The Morgan fingerprint density at radius 2 is 2.12 bits per heavy atom. The standard InChI is InChI=1S/C11H12BrN3O2/c1-6(7(2)16)11-14-10(15-17-11)8-3-9(12)5-13-4-8/h3-7,16H,1-2H3. The molecule has 0 aromatic carbocycles. The van der Waals surface area contributed by atoms with E-state index in [0.717, 1.165) is 10.0 Å². The molecule has 2 rings (SSSR count). The minimum Gasteiger partial charge on any atom is -0.393 e. The average molecular weight is 298 g/mol. The van der Waals surface area contributed by atoms with Gasteiger partial charge in [-0.25, -0.2) is 0 Å². The van der Waals surface area contributed by atoms with Gasteiger partial charge in [-0.05, 0) is 28.9 Å². The van der Waals surface area contributed by atoms with Crippen molar-refractivity contribution in [1.29, 1.82) is 0 Å². The van der Waals surface area contributed by atoms with Crippen molar-refractivity contribution in [2.24, 2.45) is 0 Å². The molecule has 0 bridgehead atoms. The summed E-state index contributed by atoms with van der Waals surface area (Å²) < 4.78 is 5.97. The largest absolute Gasteiger partial charge is 0.393 e. The van der Waals surface area contributed by atoms with E-state index in [2.05, 4.69) is 31.1 Å². The van der Waals surface area contributed by atoms with E-state index in [-0.39, 0.29) is 5.92 Å². The average Bonchev–Trinajstić information content (AvgIpc) is 2.77. The van der Waals surface area contributed by atoms with E-state index in [1.807, 2.05) is 13.0 Å². The third-order valence-corrected chi connectivity index (χ3v) is 2.95. The first kappa shape index (κ1) is 12.2. The molecule has 90 valence electrons. The molecule has 0 fully saturated rings. The molecule has 2 aromatic heterocycles. The normalized spacial score (nSPS) is 14.6. The number of hydrogen-bond donors (Lipinski definition) is 1. The van der Waals surface area contributed by atoms with Crippen LogP contribution < -0.4 is 0 Å². The van der Waals surface area contributed by atoms with Gasteiger partial charge in [-0.1, -0.05) is 12.1 Å². The van der Waals surface area contributed by atoms with Crippen molar-refractivity contribution in [3.63, 3.8) is 0 Å². The van der Waals surface area contributed by atoms with E-state index >= 15 is 0 Å². The van der Waals surface area contributed by atoms with Crippen LogP contribution in [-0.4, -0.2) is 26.3 Å². The van der Waals surface area contributed by atoms with Gasteiger partial charge in [0.15, 0.2) is 0 Å². The predicted octanol–water partition coefficient (Wildman–Crippen LogP) is 2.38. The molecule has 6 heteroatoms. The molecule has 0 saturated heterocycles. The number of aliphatic hydroxyl groups excluding tert-OH is 1. The number of rotatable bonds is 3. The van der Waals surface area contributed by atoms with Crippen LogP contribution in [0.15, 0.2) is 27.5 Å². The van der Waals surface area contributed by atoms with Crippen LogP contribution in [0.25, 0.3) is 11.4 Å². The number of nitrogens with zero attached hydrogens (tertiary/aromatic N) is 3. The smallest absolute Gasteiger partial charge is 0.232 e. The lowest BCUT2D eigenvalue weighted by Crippen LogP contribution is -2.11. The van der Waals surface area contributed by atoms with Gasteiger partial charge in [-0.15, -0.1) is 0 Å². The Bertz CT molecular complexity index is 513. The summed E-state index contributed by atoms with van der Waals surface area (Å²) in [4.78, 5) is 8.28. The Morgan fingerprint density at radius 3 is 2.76 bits per heavy atom. The van der Waals surface area contributed by atoms with Crippen LogP contribution >= 0.6 is 15.9 Å². The van der Waals surface area contributed by atoms with Gasteiger partial charge in [0, 0.05) is 22.4 Å². The van der Waals surface area contributed by atoms with Crippen LogP contribution in [0.2, 0.25) is 0 Å². The first-order valence-electron chi connectivity index (χ1n) is 5.20. The summed E-state index contributed by atoms with van der Waals surface area (Å²) in [6, 6.07) is 1.86. The van der Waals surface area contributed by atoms with Gasteiger partial charge in [0.05, 0.1) is 12.0 Å². The van der Waals surface area contributed by atoms with Crippen LogP contribution in [0.1, 0.15) is 25.7 Å². The molecule has 0 amide bonds. The van der Waals surface area contributed by atoms with E-state index in [9.17, 15) is 5.11 Å². The summed E-state index contributed by atoms with van der Waals surface area (Å²) in [7, 11) is 0. The van der Waals surface area contributed by atoms with Gasteiger partial charge in [0.1, 0.15) is 0 Å². The maximum Gasteiger partial charge on any atom is 0.232 e. The van der Waals surface area contributed by atoms with E-state index in [1.165, 1.54) is 0 Å². The summed E-state index contributed by atoms with van der Waals surface area (Å²) in [5.41, 5.74) is 0.771. The Hall–Kier alpha value is -1.27. The summed E-state index contributed by atoms with van der Waals surface area (Å²) >= 11 is 3.33. The lowest BCUT2D eigenvalue weighted by atomic mass is 10.1. The summed E-state index contributed by atoms with van der Waals surface area (Å²) in [6.45, 7) is 3.52. The molecule has 0 aliphatic carbocycles. The van der Waals surface area contributed by atoms with Gasteiger partial charge in [0.25, 0.3) is 0 Å². The van der Waals surface area contributed by atoms with Gasteiger partial charge in [0.2, 0.25) is 11.7 Å². The Balaban J connectivity index is 2.30. The maximum atomic E-state index is 9.45. The second-order valence-electron chi connectivity index (χ2n) is 3.88. The first-order chi connectivity index (χ1) is 8.08. The van der Waals surface area contributed by atoms with Crippen molar-refractivity contribution in [1.82, 2.24) is 15.1 Å². The number of aliphatic hydroxyl groups is 1. The van der Waals surface area contributed by atoms with Crippen LogP contribution in [0.5, 0.6) is 0 Å². The topological polar surface area (TPSA) is 72.0 Å². The SMILES string of the molecule is CC(O)C(C)c1nc(-c2cncc(Br)c2)no1. The summed E-state index contributed by atoms with van der Waals surface area (Å²) in [5, 5.41) is 13.3. The van der Waals surface area contributed by atoms with Crippen LogP contribution in [-0.2, 0) is 0 Å². The minimum atomic E-state index is -0.524. The van der Waals surface area contributed by atoms with Crippen LogP contribution in [0.4, 0.5) is 0 Å². The Labute approximate surface area is 107 Å². The number of halogens is 1. The van der Waals surface area contributed by atoms with Crippen molar-refractivity contribution in [2.45, 2.75) is 25.9 Å². The lowest BCUT2D eigenvalue weighted by Gasteiger charge is -2.07. The van der Waals surface area contributed by atoms with E-state index in [4.69, 9.17) is 4.52 Å². The Morgan fingerprint density at radius 1 is 1.35 bits per heavy atom. The molecule has 2 atom stereocenters. The number of aromatic nitrogens is 3. The van der Waals surface area contributed by atoms with Gasteiger partial charge < -0.3 is 9.63 Å². The zero-order valence-corrected chi connectivity index (χ0v) is 11.0. The predicted molar refractivity (Wildman–Crippen MR) is 65.3 cm³/mol. The fourth-order valence-electron chi connectivity index (χ4n) is 1.28. The third-order valence-electron chi connectivity index (χ3n) is 2.52. The Kier molecular flexibility index (Phi) is 3.54. The first-order valence-corrected chi connectivity index (χ1v) is 6.00. The maximum absolute atomic E-state index is 9.45. The number of pyridine rings is 1. The van der Waals surface area contributed by atoms with Crippen molar-refractivity contribution in [2.75, 3.05) is 0 Å². The quantitative estimate of drug-likeness (QED) is 0.942. The van der Waals surface area contributed by atoms with Gasteiger partial charge in [-0.2, -0.15) is 4.98 Å². The van der Waals surface area contributed by atoms with Crippen LogP contribution in [0.3, 0.4) is 0 Å². The van der Waals surface area contributed by atoms with Crippen molar-refractivity contribution in [3.05, 3.63) is 28.8 Å². The van der Waals surface area contributed by atoms with Gasteiger partial charge >= 0.3 is 0 Å². The van der Waals surface area contributed by atoms with E-state index in [1.54, 1.807) is 19.3 Å². The summed E-state index contributed by atoms with van der Waals surface area (Å²) in [5.74, 6) is 0.715. The highest BCUT2D eigenvalue weighted by atomic mass is 79.9. The molecule has 17 heavy (non-hydrogen) atoms. The lowest BCUT2D eigenvalue weighted by molar-refractivity contribution is 0.151. The molecule has 0 saturated carbocycles. The highest BCUT2D eigenvalue weighted by molar-refractivity contribution is 9.10. The molecule has 2 aromatic rings. The zero-order valence-electron chi connectivity index (χ0n) is 9.46. The van der Waals surface area contributed by atoms with Gasteiger partial charge in [-0.3, -0.25) is 4.98 Å². The zero-order chi connectivity index (χ0) is 12.4.